The minimum atomic E-state index is -0.262. The molecule has 2 amide bonds. The fourth-order valence-corrected chi connectivity index (χ4v) is 20.2. The molecule has 0 spiro atoms. The Balaban J connectivity index is 0.000000111. The highest BCUT2D eigenvalue weighted by atomic mass is 35.5. The second-order valence-electron chi connectivity index (χ2n) is 37.0. The monoisotopic (exact) mass is 1990 g/mol. The Bertz CT molecular complexity index is 7820. The molecule has 11 aromatic heterocycles. The van der Waals surface area contributed by atoms with Gasteiger partial charge in [-0.05, 0) is 209 Å². The summed E-state index contributed by atoms with van der Waals surface area (Å²) >= 11 is 18.5. The fraction of sp³-hybridized carbons (Fsp3) is 0.186. The van der Waals surface area contributed by atoms with Gasteiger partial charge in [0.25, 0.3) is 11.8 Å². The predicted molar refractivity (Wildman–Crippen MR) is 574 cm³/mol. The number of halogens is 4. The highest BCUT2D eigenvalue weighted by molar-refractivity contribution is 6.31. The van der Waals surface area contributed by atoms with Gasteiger partial charge in [-0.25, -0.2) is 24.3 Å². The molecule has 0 saturated carbocycles. The lowest BCUT2D eigenvalue weighted by Crippen LogP contribution is -2.48. The molecule has 0 N–H and O–H groups in total. The van der Waals surface area contributed by atoms with Crippen LogP contribution in [0.1, 0.15) is 73.6 Å². The highest BCUT2D eigenvalue weighted by Gasteiger charge is 2.32. The molecule has 5 aliphatic rings. The van der Waals surface area contributed by atoms with E-state index in [1.54, 1.807) is 36.8 Å². The Labute approximate surface area is 858 Å². The number of benzene rings is 9. The Hall–Kier alpha value is -15.7. The maximum absolute atomic E-state index is 13.9. The Morgan fingerprint density at radius 1 is 0.356 bits per heavy atom. The number of amides is 2. The van der Waals surface area contributed by atoms with E-state index in [9.17, 15) is 14.0 Å². The number of piperidine rings is 1. The fourth-order valence-electron chi connectivity index (χ4n) is 19.9. The van der Waals surface area contributed by atoms with Crippen LogP contribution in [0.25, 0.3) is 123 Å². The maximum Gasteiger partial charge on any atom is 0.272 e. The molecule has 0 aliphatic carbocycles. The van der Waals surface area contributed by atoms with Crippen LogP contribution in [0.3, 0.4) is 0 Å². The minimum absolute atomic E-state index is 0.00981. The number of likely N-dealkylation sites (tertiary alicyclic amines) is 1. The number of hydrogen-bond donors (Lipinski definition) is 0. The van der Waals surface area contributed by atoms with Gasteiger partial charge < -0.3 is 36.7 Å². The van der Waals surface area contributed by atoms with E-state index in [0.29, 0.717) is 64.6 Å². The summed E-state index contributed by atoms with van der Waals surface area (Å²) in [5.41, 5.74) is 30.3. The number of imidazole rings is 4. The molecule has 28 heteroatoms. The van der Waals surface area contributed by atoms with Crippen molar-refractivity contribution in [3.63, 3.8) is 0 Å². The van der Waals surface area contributed by atoms with Gasteiger partial charge in [0.2, 0.25) is 0 Å². The number of carbonyl (C=O) groups is 2. The van der Waals surface area contributed by atoms with Crippen molar-refractivity contribution in [3.8, 4) is 89.5 Å². The first-order valence-corrected chi connectivity index (χ1v) is 50.4. The average molecular weight is 1990 g/mol. The van der Waals surface area contributed by atoms with Crippen molar-refractivity contribution >= 4 is 85.9 Å². The molecule has 0 radical (unpaired) electrons. The summed E-state index contributed by atoms with van der Waals surface area (Å²) in [6.45, 7) is 14.6. The quantitative estimate of drug-likeness (QED) is 0.0692. The third-order valence-corrected chi connectivity index (χ3v) is 28.5. The minimum Gasteiger partial charge on any atom is -0.379 e. The molecule has 25 rings (SSSR count). The number of carbonyl (C=O) groups excluding carboxylic acids is 2. The SMILES string of the molecule is Fc1ccc2onc(C3CCN(Cc4c(-c5ccc(Cl)cc5)nc5ccc(-c6ccccc6)cn45)CC3)c2c1.O=C(c1ccccn1)N1CCN(Cc2c(-c3ccc(Cl)cc3)nc3ccc(-c4ccccc4)cn23)CC1.O=C(c1cccnc1)N1CCN(Cc2c(-c3ccc(Cl)cc3)nc3ccc(-c4ccccc4)cn23)CC1.c1ccc(-c2ccc3nc(-c4ccc(C5=NN=NC5)cc4)c(CN4CCOCC4)n3c2)cc1. The molecule has 9 aromatic carbocycles. The first-order valence-electron chi connectivity index (χ1n) is 49.3. The molecule has 4 fully saturated rings. The van der Waals surface area contributed by atoms with Crippen LogP contribution < -0.4 is 0 Å². The number of nitrogens with zero attached hydrogens (tertiary/aromatic N) is 20. The summed E-state index contributed by atoms with van der Waals surface area (Å²) in [7, 11) is 0. The lowest BCUT2D eigenvalue weighted by Gasteiger charge is -2.34. The maximum atomic E-state index is 13.9. The van der Waals surface area contributed by atoms with E-state index in [4.69, 9.17) is 64.0 Å². The Kier molecular flexibility index (Phi) is 28.6. The number of ether oxygens (including phenoxy) is 1. The molecule has 726 valence electrons. The summed E-state index contributed by atoms with van der Waals surface area (Å²) in [6.07, 6.45) is 15.6. The molecular formula is C118H102Cl3FN20O4. The van der Waals surface area contributed by atoms with Crippen molar-refractivity contribution in [1.29, 1.82) is 0 Å². The molecule has 20 aromatic rings. The summed E-state index contributed by atoms with van der Waals surface area (Å²) < 4.78 is 33.9. The van der Waals surface area contributed by atoms with Crippen molar-refractivity contribution < 1.29 is 23.2 Å². The van der Waals surface area contributed by atoms with Gasteiger partial charge in [-0.1, -0.05) is 228 Å². The number of aromatic nitrogens is 11. The van der Waals surface area contributed by atoms with Crippen LogP contribution in [0, 0.1) is 5.82 Å². The highest BCUT2D eigenvalue weighted by Crippen LogP contribution is 2.39. The number of hydrogen-bond acceptors (Lipinski definition) is 18. The van der Waals surface area contributed by atoms with E-state index in [1.807, 2.05) is 125 Å². The normalized spacial score (nSPS) is 14.9. The van der Waals surface area contributed by atoms with Crippen LogP contribution in [0.2, 0.25) is 15.1 Å². The van der Waals surface area contributed by atoms with E-state index >= 15 is 0 Å². The lowest BCUT2D eigenvalue weighted by molar-refractivity contribution is 0.0336. The number of rotatable bonds is 20. The first kappa shape index (κ1) is 95.2. The van der Waals surface area contributed by atoms with Crippen LogP contribution in [0.15, 0.2) is 379 Å². The Morgan fingerprint density at radius 3 is 1.12 bits per heavy atom. The molecule has 24 nitrogen and oxygen atoms in total. The Morgan fingerprint density at radius 2 is 0.733 bits per heavy atom. The average Bonchev–Trinajstić information content (AvgIpc) is 1.64. The van der Waals surface area contributed by atoms with Crippen LogP contribution in [-0.2, 0) is 30.9 Å². The number of morpholine rings is 1. The van der Waals surface area contributed by atoms with E-state index in [0.717, 1.165) is 228 Å². The van der Waals surface area contributed by atoms with Crippen molar-refractivity contribution in [2.45, 2.75) is 44.9 Å². The molecule has 146 heavy (non-hydrogen) atoms. The smallest absolute Gasteiger partial charge is 0.272 e. The van der Waals surface area contributed by atoms with Gasteiger partial charge in [-0.2, -0.15) is 5.11 Å². The molecule has 16 heterocycles. The molecular weight excluding hydrogens is 1890 g/mol. The summed E-state index contributed by atoms with van der Waals surface area (Å²) in [6, 6.07) is 104. The van der Waals surface area contributed by atoms with E-state index in [2.05, 4.69) is 262 Å². The third-order valence-electron chi connectivity index (χ3n) is 27.7. The van der Waals surface area contributed by atoms with Crippen LogP contribution >= 0.6 is 34.8 Å². The van der Waals surface area contributed by atoms with Gasteiger partial charge >= 0.3 is 0 Å². The van der Waals surface area contributed by atoms with Crippen molar-refractivity contribution in [1.82, 2.24) is 82.1 Å². The third kappa shape index (κ3) is 21.5. The number of piperazine rings is 2. The topological polar surface area (TPSA) is 221 Å². The zero-order valence-corrected chi connectivity index (χ0v) is 82.3. The van der Waals surface area contributed by atoms with Crippen LogP contribution in [-0.4, -0.2) is 198 Å². The van der Waals surface area contributed by atoms with E-state index in [-0.39, 0.29) is 23.5 Å². The largest absolute Gasteiger partial charge is 0.379 e. The van der Waals surface area contributed by atoms with Gasteiger partial charge in [0.1, 0.15) is 40.6 Å². The van der Waals surface area contributed by atoms with Crippen LogP contribution in [0.4, 0.5) is 4.39 Å². The number of fused-ring (bicyclic) bond motifs is 5. The van der Waals surface area contributed by atoms with E-state index < -0.39 is 0 Å². The molecule has 0 unspecified atom stereocenters. The van der Waals surface area contributed by atoms with Crippen molar-refractivity contribution in [2.24, 2.45) is 15.4 Å². The van der Waals surface area contributed by atoms with E-state index in [1.165, 1.54) is 45.6 Å². The van der Waals surface area contributed by atoms with Gasteiger partial charge in [0, 0.05) is 184 Å². The lowest BCUT2D eigenvalue weighted by atomic mass is 9.91. The molecule has 5 aliphatic heterocycles. The first-order chi connectivity index (χ1) is 71.8. The molecule has 0 bridgehead atoms. The van der Waals surface area contributed by atoms with Gasteiger partial charge in [-0.3, -0.25) is 39.2 Å². The zero-order valence-electron chi connectivity index (χ0n) is 80.1. The summed E-state index contributed by atoms with van der Waals surface area (Å²) in [5.74, 6) is 0.00909. The van der Waals surface area contributed by atoms with Crippen LogP contribution in [0.5, 0.6) is 0 Å². The van der Waals surface area contributed by atoms with Crippen molar-refractivity contribution in [3.05, 3.63) is 425 Å². The zero-order chi connectivity index (χ0) is 98.8. The summed E-state index contributed by atoms with van der Waals surface area (Å²) in [4.78, 5) is 67.7. The van der Waals surface area contributed by atoms with Gasteiger partial charge in [0.05, 0.1) is 75.7 Å². The molecule has 4 saturated heterocycles. The molecule has 0 atom stereocenters. The standard InChI is InChI=1S/C32H26ClFN4O.2C30H26ClN5O.C26H24N6O/c33-25-9-6-22(7-10-25)32-28(38-19-24(8-13-30(38)35-32)21-4-2-1-3-5-21)20-37-16-14-23(15-17-37)31-27-18-26(34)11-12-29(27)39-36-31;31-25-12-9-23(10-13-25)29-27(36-20-24(11-14-28(36)33-29)22-6-2-1-3-7-22)21-34-16-18-35(19-17-34)30(37)26-8-4-5-15-32-26;31-26-11-8-23(9-12-26)29-27(36-20-25(10-13-28(36)33-29)22-5-2-1-3-6-22)21-34-15-17-35(18-16-34)30(37)24-7-4-14-32-19-24;1-2-4-19(5-3-1)22-10-11-25-28-26(21-8-6-20(7-9-21)23-16-27-30-29-23)24(32(25)17-22)18-31-12-14-33-15-13-31/h1-13,18-19,23H,14-17,20H2;1-15,20H,16-19,21H2;1-14,19-20H,15-18,21H2;1-11,17H,12-16,18H2. The van der Waals surface area contributed by atoms with Gasteiger partial charge in [0.15, 0.2) is 5.58 Å². The summed E-state index contributed by atoms with van der Waals surface area (Å²) in [5, 5.41) is 19.0. The van der Waals surface area contributed by atoms with Gasteiger partial charge in [-0.15, -0.1) is 5.10 Å². The second kappa shape index (κ2) is 43.9. The number of pyridine rings is 6. The second-order valence-corrected chi connectivity index (χ2v) is 38.3. The predicted octanol–water partition coefficient (Wildman–Crippen LogP) is 24.0. The van der Waals surface area contributed by atoms with Crippen molar-refractivity contribution in [2.75, 3.05) is 98.3 Å².